The minimum Gasteiger partial charge on any atom is -0.311 e. The summed E-state index contributed by atoms with van der Waals surface area (Å²) in [5, 5.41) is 3.67. The summed E-state index contributed by atoms with van der Waals surface area (Å²) in [5.74, 6) is 0.759. The molecule has 0 aliphatic carbocycles. The first-order chi connectivity index (χ1) is 8.68. The smallest absolute Gasteiger partial charge is 0.0240 e. The van der Waals surface area contributed by atoms with Crippen LogP contribution in [-0.4, -0.2) is 18.0 Å². The van der Waals surface area contributed by atoms with Gasteiger partial charge in [-0.3, -0.25) is 0 Å². The van der Waals surface area contributed by atoms with Gasteiger partial charge in [-0.2, -0.15) is 0 Å². The van der Waals surface area contributed by atoms with E-state index in [4.69, 9.17) is 11.6 Å². The first-order valence-corrected chi connectivity index (χ1v) is 8.53. The quantitative estimate of drug-likeness (QED) is 0.345. The van der Waals surface area contributed by atoms with Gasteiger partial charge in [-0.05, 0) is 32.7 Å². The Kier molecular flexibility index (Phi) is 12.5. The highest BCUT2D eigenvalue weighted by Gasteiger charge is 2.19. The second-order valence-corrected chi connectivity index (χ2v) is 6.13. The highest BCUT2D eigenvalue weighted by Crippen LogP contribution is 2.15. The van der Waals surface area contributed by atoms with Gasteiger partial charge in [0.2, 0.25) is 0 Å². The fourth-order valence-corrected chi connectivity index (χ4v) is 2.66. The van der Waals surface area contributed by atoms with Crippen molar-refractivity contribution in [3.63, 3.8) is 0 Å². The maximum absolute atomic E-state index is 5.85. The van der Waals surface area contributed by atoms with E-state index in [1.54, 1.807) is 0 Å². The summed E-state index contributed by atoms with van der Waals surface area (Å²) in [6.45, 7) is 7.96. The molecule has 0 aromatic rings. The number of unbranched alkanes of at least 4 members (excludes halogenated alkanes) is 7. The monoisotopic (exact) mass is 275 g/mol. The molecule has 0 aliphatic heterocycles. The second kappa shape index (κ2) is 12.3. The van der Waals surface area contributed by atoms with E-state index in [1.807, 2.05) is 0 Å². The predicted molar refractivity (Wildman–Crippen MR) is 84.6 cm³/mol. The molecule has 2 heteroatoms. The number of hydrogen-bond acceptors (Lipinski definition) is 1. The van der Waals surface area contributed by atoms with E-state index in [2.05, 4.69) is 26.1 Å². The molecule has 0 rings (SSSR count). The minimum atomic E-state index is 0.253. The van der Waals surface area contributed by atoms with Crippen LogP contribution in [0.15, 0.2) is 0 Å². The molecule has 0 aromatic heterocycles. The van der Waals surface area contributed by atoms with Crippen LogP contribution in [0, 0.1) is 0 Å². The molecule has 0 saturated carbocycles. The Balaban J connectivity index is 3.33. The van der Waals surface area contributed by atoms with Gasteiger partial charge < -0.3 is 5.32 Å². The molecule has 1 atom stereocenters. The molecule has 0 amide bonds. The van der Waals surface area contributed by atoms with Gasteiger partial charge in [0.05, 0.1) is 0 Å². The Morgan fingerprint density at radius 2 is 1.44 bits per heavy atom. The Labute approximate surface area is 120 Å². The normalized spacial score (nSPS) is 14.7. The van der Waals surface area contributed by atoms with E-state index < -0.39 is 0 Å². The van der Waals surface area contributed by atoms with Crippen molar-refractivity contribution in [2.75, 3.05) is 12.4 Å². The Hall–Kier alpha value is 0.250. The topological polar surface area (TPSA) is 12.0 Å². The molecule has 1 N–H and O–H groups in total. The van der Waals surface area contributed by atoms with Gasteiger partial charge in [0.15, 0.2) is 0 Å². The van der Waals surface area contributed by atoms with E-state index in [0.717, 1.165) is 25.3 Å². The van der Waals surface area contributed by atoms with Gasteiger partial charge in [-0.15, -0.1) is 11.6 Å². The molecule has 0 spiro atoms. The highest BCUT2D eigenvalue weighted by molar-refractivity contribution is 6.17. The Morgan fingerprint density at radius 1 is 0.889 bits per heavy atom. The van der Waals surface area contributed by atoms with E-state index >= 15 is 0 Å². The molecule has 18 heavy (non-hydrogen) atoms. The van der Waals surface area contributed by atoms with Crippen LogP contribution in [0.1, 0.15) is 85.0 Å². The number of nitrogens with one attached hydrogen (secondary N) is 1. The van der Waals surface area contributed by atoms with Crippen molar-refractivity contribution < 1.29 is 0 Å². The number of hydrogen-bond donors (Lipinski definition) is 1. The zero-order valence-electron chi connectivity index (χ0n) is 12.9. The molecule has 0 heterocycles. The minimum absolute atomic E-state index is 0.253. The van der Waals surface area contributed by atoms with Gasteiger partial charge in [0.25, 0.3) is 0 Å². The summed E-state index contributed by atoms with van der Waals surface area (Å²) in [4.78, 5) is 0. The van der Waals surface area contributed by atoms with Crippen molar-refractivity contribution in [1.29, 1.82) is 0 Å². The molecule has 0 radical (unpaired) electrons. The summed E-state index contributed by atoms with van der Waals surface area (Å²) in [6.07, 6.45) is 13.4. The van der Waals surface area contributed by atoms with Crippen LogP contribution in [0.3, 0.4) is 0 Å². The van der Waals surface area contributed by atoms with Gasteiger partial charge in [0, 0.05) is 11.4 Å². The lowest BCUT2D eigenvalue weighted by molar-refractivity contribution is 0.329. The fourth-order valence-electron chi connectivity index (χ4n) is 2.25. The second-order valence-electron chi connectivity index (χ2n) is 5.75. The van der Waals surface area contributed by atoms with Crippen LogP contribution in [0.4, 0.5) is 0 Å². The third-order valence-electron chi connectivity index (χ3n) is 4.01. The first-order valence-electron chi connectivity index (χ1n) is 7.99. The number of alkyl halides is 1. The first kappa shape index (κ1) is 18.2. The molecule has 0 fully saturated rings. The summed E-state index contributed by atoms with van der Waals surface area (Å²) in [6, 6.07) is 0. The fraction of sp³-hybridized carbons (Fsp3) is 1.00. The zero-order chi connectivity index (χ0) is 13.7. The molecule has 0 saturated heterocycles. The standard InChI is InChI=1S/C16H34ClN/c1-4-6-7-8-9-10-11-12-15-18-16(3,5-2)13-14-17/h18H,4-15H2,1-3H3. The van der Waals surface area contributed by atoms with Crippen molar-refractivity contribution in [1.82, 2.24) is 5.32 Å². The zero-order valence-corrected chi connectivity index (χ0v) is 13.6. The van der Waals surface area contributed by atoms with Crippen LogP contribution in [-0.2, 0) is 0 Å². The van der Waals surface area contributed by atoms with E-state index in [9.17, 15) is 0 Å². The van der Waals surface area contributed by atoms with Crippen LogP contribution < -0.4 is 5.32 Å². The van der Waals surface area contributed by atoms with Gasteiger partial charge in [0.1, 0.15) is 0 Å². The van der Waals surface area contributed by atoms with E-state index in [0.29, 0.717) is 0 Å². The predicted octanol–water partition coefficient (Wildman–Crippen LogP) is 5.51. The lowest BCUT2D eigenvalue weighted by Gasteiger charge is -2.29. The molecule has 1 nitrogen and oxygen atoms in total. The van der Waals surface area contributed by atoms with Crippen molar-refractivity contribution in [3.05, 3.63) is 0 Å². The average molecular weight is 276 g/mol. The van der Waals surface area contributed by atoms with Crippen molar-refractivity contribution in [2.24, 2.45) is 0 Å². The lowest BCUT2D eigenvalue weighted by Crippen LogP contribution is -2.42. The van der Waals surface area contributed by atoms with Crippen molar-refractivity contribution >= 4 is 11.6 Å². The number of rotatable bonds is 13. The molecular weight excluding hydrogens is 242 g/mol. The highest BCUT2D eigenvalue weighted by atomic mass is 35.5. The number of halogens is 1. The summed E-state index contributed by atoms with van der Waals surface area (Å²) < 4.78 is 0. The summed E-state index contributed by atoms with van der Waals surface area (Å²) in [7, 11) is 0. The van der Waals surface area contributed by atoms with E-state index in [1.165, 1.54) is 51.4 Å². The molecule has 1 unspecified atom stereocenters. The van der Waals surface area contributed by atoms with Gasteiger partial charge in [-0.1, -0.05) is 58.8 Å². The molecular formula is C16H34ClN. The molecule has 0 bridgehead atoms. The molecule has 110 valence electrons. The maximum atomic E-state index is 5.85. The van der Waals surface area contributed by atoms with E-state index in [-0.39, 0.29) is 5.54 Å². The van der Waals surface area contributed by atoms with Crippen LogP contribution in [0.2, 0.25) is 0 Å². The Morgan fingerprint density at radius 3 is 1.94 bits per heavy atom. The summed E-state index contributed by atoms with van der Waals surface area (Å²) >= 11 is 5.85. The van der Waals surface area contributed by atoms with Gasteiger partial charge in [-0.25, -0.2) is 0 Å². The molecule has 0 aliphatic rings. The largest absolute Gasteiger partial charge is 0.311 e. The SMILES string of the molecule is CCCCCCCCCCNC(C)(CC)CCCl. The Bertz CT molecular complexity index is 172. The van der Waals surface area contributed by atoms with Crippen LogP contribution in [0.5, 0.6) is 0 Å². The van der Waals surface area contributed by atoms with Crippen LogP contribution in [0.25, 0.3) is 0 Å². The maximum Gasteiger partial charge on any atom is 0.0240 e. The van der Waals surface area contributed by atoms with Gasteiger partial charge >= 0.3 is 0 Å². The third-order valence-corrected chi connectivity index (χ3v) is 4.20. The lowest BCUT2D eigenvalue weighted by atomic mass is 9.95. The third kappa shape index (κ3) is 10.2. The molecule has 0 aromatic carbocycles. The average Bonchev–Trinajstić information content (AvgIpc) is 2.37. The summed E-state index contributed by atoms with van der Waals surface area (Å²) in [5.41, 5.74) is 0.253. The van der Waals surface area contributed by atoms with Crippen LogP contribution >= 0.6 is 11.6 Å². The van der Waals surface area contributed by atoms with Crippen molar-refractivity contribution in [3.8, 4) is 0 Å². The van der Waals surface area contributed by atoms with Crippen molar-refractivity contribution in [2.45, 2.75) is 90.5 Å².